The van der Waals surface area contributed by atoms with Crippen molar-refractivity contribution in [2.75, 3.05) is 31.8 Å². The molecular formula is C35H63NO10S. The lowest BCUT2D eigenvalue weighted by atomic mass is 9.99. The Morgan fingerprint density at radius 1 is 0.809 bits per heavy atom. The SMILES string of the molecule is CCCCCCCCCCC[C@@H](CC(=O)OCCSC[C@H](NC(=O)OC(C)(C)C)C(=O)C[C@@H](COC(C)(C)C)C(=O)OC)OC(C)=O. The Morgan fingerprint density at radius 2 is 1.40 bits per heavy atom. The normalized spacial score (nSPS) is 13.6. The van der Waals surface area contributed by atoms with Gasteiger partial charge in [-0.1, -0.05) is 58.3 Å². The van der Waals surface area contributed by atoms with E-state index in [0.29, 0.717) is 12.2 Å². The summed E-state index contributed by atoms with van der Waals surface area (Å²) in [4.78, 5) is 62.3. The van der Waals surface area contributed by atoms with E-state index in [4.69, 9.17) is 23.7 Å². The summed E-state index contributed by atoms with van der Waals surface area (Å²) < 4.78 is 26.7. The fourth-order valence-electron chi connectivity index (χ4n) is 4.56. The number of amides is 1. The summed E-state index contributed by atoms with van der Waals surface area (Å²) in [6.07, 6.45) is 9.65. The second kappa shape index (κ2) is 24.7. The molecule has 0 saturated carbocycles. The molecule has 0 bridgehead atoms. The van der Waals surface area contributed by atoms with Crippen molar-refractivity contribution >= 4 is 41.5 Å². The van der Waals surface area contributed by atoms with E-state index >= 15 is 0 Å². The van der Waals surface area contributed by atoms with Crippen molar-refractivity contribution in [3.8, 4) is 0 Å². The minimum atomic E-state index is -0.961. The first-order valence-electron chi connectivity index (χ1n) is 17.1. The van der Waals surface area contributed by atoms with Crippen LogP contribution in [0.2, 0.25) is 0 Å². The first-order chi connectivity index (χ1) is 22.0. The lowest BCUT2D eigenvalue weighted by Gasteiger charge is -2.25. The molecular weight excluding hydrogens is 626 g/mol. The molecule has 0 fully saturated rings. The number of Topliss-reactive ketones (excluding diaryl/α,β-unsaturated/α-hetero) is 1. The number of hydrogen-bond acceptors (Lipinski definition) is 11. The van der Waals surface area contributed by atoms with Gasteiger partial charge in [-0.15, -0.1) is 0 Å². The molecule has 1 amide bonds. The van der Waals surface area contributed by atoms with Crippen LogP contribution in [0.25, 0.3) is 0 Å². The van der Waals surface area contributed by atoms with Gasteiger partial charge in [-0.2, -0.15) is 11.8 Å². The van der Waals surface area contributed by atoms with E-state index in [9.17, 15) is 24.0 Å². The van der Waals surface area contributed by atoms with Crippen LogP contribution >= 0.6 is 11.8 Å². The van der Waals surface area contributed by atoms with Crippen molar-refractivity contribution in [2.45, 2.75) is 156 Å². The molecule has 3 atom stereocenters. The van der Waals surface area contributed by atoms with Gasteiger partial charge in [0.1, 0.15) is 18.3 Å². The highest BCUT2D eigenvalue weighted by Gasteiger charge is 2.31. The monoisotopic (exact) mass is 689 g/mol. The van der Waals surface area contributed by atoms with Crippen molar-refractivity contribution in [3.05, 3.63) is 0 Å². The Kier molecular flexibility index (Phi) is 23.5. The van der Waals surface area contributed by atoms with Gasteiger partial charge >= 0.3 is 24.0 Å². The first-order valence-corrected chi connectivity index (χ1v) is 18.3. The van der Waals surface area contributed by atoms with Gasteiger partial charge in [-0.25, -0.2) is 4.79 Å². The number of ether oxygens (including phenoxy) is 5. The molecule has 0 heterocycles. The molecule has 0 aromatic heterocycles. The maximum atomic E-state index is 13.3. The Balaban J connectivity index is 4.94. The average molecular weight is 690 g/mol. The molecule has 0 aliphatic rings. The molecule has 0 aliphatic heterocycles. The Bertz CT molecular complexity index is 928. The van der Waals surface area contributed by atoms with E-state index in [1.54, 1.807) is 20.8 Å². The fraction of sp³-hybridized carbons (Fsp3) is 0.857. The van der Waals surface area contributed by atoms with Crippen LogP contribution in [0.5, 0.6) is 0 Å². The van der Waals surface area contributed by atoms with Crippen LogP contribution in [-0.4, -0.2) is 85.0 Å². The molecule has 12 heteroatoms. The fourth-order valence-corrected chi connectivity index (χ4v) is 5.43. The molecule has 0 spiro atoms. The van der Waals surface area contributed by atoms with Crippen molar-refractivity contribution in [2.24, 2.45) is 5.92 Å². The smallest absolute Gasteiger partial charge is 0.408 e. The van der Waals surface area contributed by atoms with Crippen molar-refractivity contribution in [3.63, 3.8) is 0 Å². The van der Waals surface area contributed by atoms with Gasteiger partial charge in [0, 0.05) is 24.9 Å². The van der Waals surface area contributed by atoms with Crippen LogP contribution in [0, 0.1) is 5.92 Å². The molecule has 0 saturated heterocycles. The van der Waals surface area contributed by atoms with E-state index < -0.39 is 53.3 Å². The van der Waals surface area contributed by atoms with Crippen molar-refractivity contribution < 1.29 is 47.7 Å². The lowest BCUT2D eigenvalue weighted by Crippen LogP contribution is -2.46. The van der Waals surface area contributed by atoms with Gasteiger partial charge in [0.15, 0.2) is 5.78 Å². The summed E-state index contributed by atoms with van der Waals surface area (Å²) in [5.74, 6) is -2.18. The van der Waals surface area contributed by atoms with Crippen LogP contribution in [0.15, 0.2) is 0 Å². The number of ketones is 1. The van der Waals surface area contributed by atoms with Crippen LogP contribution in [0.3, 0.4) is 0 Å². The highest BCUT2D eigenvalue weighted by atomic mass is 32.2. The number of esters is 3. The quantitative estimate of drug-likeness (QED) is 0.0603. The average Bonchev–Trinajstić information content (AvgIpc) is 2.95. The highest BCUT2D eigenvalue weighted by Crippen LogP contribution is 2.18. The molecule has 1 N–H and O–H groups in total. The molecule has 0 aromatic carbocycles. The number of methoxy groups -OCH3 is 1. The summed E-state index contributed by atoms with van der Waals surface area (Å²) >= 11 is 1.31. The van der Waals surface area contributed by atoms with Crippen LogP contribution in [0.1, 0.15) is 132 Å². The topological polar surface area (TPSA) is 144 Å². The Morgan fingerprint density at radius 3 is 1.94 bits per heavy atom. The molecule has 274 valence electrons. The van der Waals surface area contributed by atoms with Crippen LogP contribution < -0.4 is 5.32 Å². The van der Waals surface area contributed by atoms with E-state index in [2.05, 4.69) is 12.2 Å². The second-order valence-electron chi connectivity index (χ2n) is 13.9. The van der Waals surface area contributed by atoms with E-state index in [-0.39, 0.29) is 37.6 Å². The maximum absolute atomic E-state index is 13.3. The molecule has 0 radical (unpaired) electrons. The summed E-state index contributed by atoms with van der Waals surface area (Å²) in [5.41, 5.74) is -1.30. The molecule has 0 rings (SSSR count). The number of carbonyl (C=O) groups is 5. The van der Waals surface area contributed by atoms with E-state index in [0.717, 1.165) is 19.3 Å². The number of rotatable bonds is 25. The minimum absolute atomic E-state index is 0.0162. The second-order valence-corrected chi connectivity index (χ2v) is 15.0. The molecule has 11 nitrogen and oxygen atoms in total. The number of carbonyl (C=O) groups excluding carboxylic acids is 5. The molecule has 0 aliphatic carbocycles. The minimum Gasteiger partial charge on any atom is -0.469 e. The molecule has 0 unspecified atom stereocenters. The third-order valence-corrected chi connectivity index (χ3v) is 7.94. The summed E-state index contributed by atoms with van der Waals surface area (Å²) in [6.45, 7) is 14.3. The molecule has 47 heavy (non-hydrogen) atoms. The predicted molar refractivity (Wildman–Crippen MR) is 184 cm³/mol. The van der Waals surface area contributed by atoms with Gasteiger partial charge in [0.2, 0.25) is 0 Å². The highest BCUT2D eigenvalue weighted by molar-refractivity contribution is 7.99. The number of nitrogens with one attached hydrogen (secondary N) is 1. The first kappa shape index (κ1) is 44.7. The Hall–Kier alpha value is -2.34. The number of unbranched alkanes of at least 4 members (excludes halogenated alkanes) is 8. The van der Waals surface area contributed by atoms with Crippen molar-refractivity contribution in [1.82, 2.24) is 5.32 Å². The Labute approximate surface area is 287 Å². The zero-order valence-electron chi connectivity index (χ0n) is 30.5. The van der Waals surface area contributed by atoms with Crippen LogP contribution in [0.4, 0.5) is 4.79 Å². The van der Waals surface area contributed by atoms with Crippen LogP contribution in [-0.2, 0) is 42.9 Å². The zero-order valence-corrected chi connectivity index (χ0v) is 31.4. The van der Waals surface area contributed by atoms with Gasteiger partial charge in [-0.05, 0) is 54.4 Å². The summed E-state index contributed by atoms with van der Waals surface area (Å²) in [7, 11) is 1.25. The number of hydrogen-bond donors (Lipinski definition) is 1. The van der Waals surface area contributed by atoms with E-state index in [1.807, 2.05) is 20.8 Å². The largest absolute Gasteiger partial charge is 0.469 e. The number of thioether (sulfide) groups is 1. The third-order valence-electron chi connectivity index (χ3n) is 6.91. The van der Waals surface area contributed by atoms with E-state index in [1.165, 1.54) is 64.3 Å². The van der Waals surface area contributed by atoms with Crippen molar-refractivity contribution in [1.29, 1.82) is 0 Å². The lowest BCUT2D eigenvalue weighted by molar-refractivity contribution is -0.154. The summed E-state index contributed by atoms with van der Waals surface area (Å²) in [6, 6.07) is -0.961. The van der Waals surface area contributed by atoms with Gasteiger partial charge in [0.05, 0.1) is 37.7 Å². The predicted octanol–water partition coefficient (Wildman–Crippen LogP) is 6.96. The standard InChI is InChI=1S/C35H63NO10S/c1-10-11-12-13-14-15-16-17-18-19-28(45-26(2)37)23-31(39)43-20-21-47-25-29(36-33(41)46-35(6,7)8)30(38)22-27(32(40)42-9)24-44-34(3,4)5/h27-29H,10-25H2,1-9H3,(H,36,41)/t27-,28-,29-/m0/s1. The third kappa shape index (κ3) is 26.3. The molecule has 0 aromatic rings. The maximum Gasteiger partial charge on any atom is 0.408 e. The van der Waals surface area contributed by atoms with Gasteiger partial charge in [-0.3, -0.25) is 19.2 Å². The number of alkyl carbamates (subject to hydrolysis) is 1. The van der Waals surface area contributed by atoms with Gasteiger partial charge in [0.25, 0.3) is 0 Å². The summed E-state index contributed by atoms with van der Waals surface area (Å²) in [5, 5.41) is 2.61. The zero-order chi connectivity index (χ0) is 35.9. The van der Waals surface area contributed by atoms with Gasteiger partial charge < -0.3 is 29.0 Å².